The number of H-pyrrole nitrogens is 1. The fraction of sp³-hybridized carbons (Fsp3) is 0. The Hall–Kier alpha value is -2.88. The average molecular weight is 262 g/mol. The van der Waals surface area contributed by atoms with Crippen LogP contribution in [-0.4, -0.2) is 21.0 Å². The van der Waals surface area contributed by atoms with Crippen molar-refractivity contribution in [3.8, 4) is 0 Å². The van der Waals surface area contributed by atoms with Crippen LogP contribution in [0.25, 0.3) is 32.8 Å². The Balaban J connectivity index is 2.22. The molecule has 0 radical (unpaired) electrons. The summed E-state index contributed by atoms with van der Waals surface area (Å²) in [5.74, 6) is -0.956. The number of aromatic amines is 1. The average Bonchev–Trinajstić information content (AvgIpc) is 2.81. The lowest BCUT2D eigenvalue weighted by Gasteiger charge is -2.02. The second-order valence-electron chi connectivity index (χ2n) is 4.74. The molecule has 2 heterocycles. The molecule has 0 atom stereocenters. The number of nitrogens with one attached hydrogen (secondary N) is 1. The van der Waals surface area contributed by atoms with E-state index in [0.717, 1.165) is 27.3 Å². The monoisotopic (exact) mass is 262 g/mol. The maximum atomic E-state index is 11.3. The molecule has 2 aromatic carbocycles. The molecule has 0 saturated heterocycles. The number of nitrogens with zero attached hydrogens (tertiary/aromatic N) is 1. The third-order valence-corrected chi connectivity index (χ3v) is 3.53. The lowest BCUT2D eigenvalue weighted by molar-refractivity contribution is 0.0699. The van der Waals surface area contributed by atoms with Crippen LogP contribution in [0.4, 0.5) is 0 Å². The Morgan fingerprint density at radius 2 is 1.85 bits per heavy atom. The molecule has 2 aromatic heterocycles. The molecular formula is C16H10N2O2. The van der Waals surface area contributed by atoms with Crippen molar-refractivity contribution in [3.63, 3.8) is 0 Å². The summed E-state index contributed by atoms with van der Waals surface area (Å²) < 4.78 is 0. The van der Waals surface area contributed by atoms with Crippen LogP contribution in [0.5, 0.6) is 0 Å². The van der Waals surface area contributed by atoms with E-state index in [0.29, 0.717) is 5.52 Å². The van der Waals surface area contributed by atoms with E-state index in [1.807, 2.05) is 36.4 Å². The zero-order chi connectivity index (χ0) is 13.7. The fourth-order valence-electron chi connectivity index (χ4n) is 2.62. The number of rotatable bonds is 1. The number of benzene rings is 2. The third-order valence-electron chi connectivity index (χ3n) is 3.53. The summed E-state index contributed by atoms with van der Waals surface area (Å²) in [4.78, 5) is 19.2. The number of carboxylic acids is 1. The maximum absolute atomic E-state index is 11.3. The van der Waals surface area contributed by atoms with Crippen LogP contribution < -0.4 is 0 Å². The minimum atomic E-state index is -0.956. The van der Waals surface area contributed by atoms with E-state index in [4.69, 9.17) is 0 Å². The lowest BCUT2D eigenvalue weighted by Crippen LogP contribution is -1.98. The molecule has 0 aliphatic heterocycles. The highest BCUT2D eigenvalue weighted by atomic mass is 16.4. The number of carbonyl (C=O) groups is 1. The fourth-order valence-corrected chi connectivity index (χ4v) is 2.62. The smallest absolute Gasteiger partial charge is 0.337 e. The summed E-state index contributed by atoms with van der Waals surface area (Å²) in [6, 6.07) is 15.0. The molecule has 2 N–H and O–H groups in total. The predicted octanol–water partition coefficient (Wildman–Crippen LogP) is 3.57. The molecule has 0 fully saturated rings. The first-order valence-electron chi connectivity index (χ1n) is 6.27. The second kappa shape index (κ2) is 3.81. The Morgan fingerprint density at radius 3 is 2.70 bits per heavy atom. The van der Waals surface area contributed by atoms with Crippen molar-refractivity contribution < 1.29 is 9.90 Å². The normalized spacial score (nSPS) is 11.4. The van der Waals surface area contributed by atoms with Crippen LogP contribution in [0, 0.1) is 0 Å². The van der Waals surface area contributed by atoms with Crippen LogP contribution in [0.1, 0.15) is 10.4 Å². The molecule has 0 spiro atoms. The quantitative estimate of drug-likeness (QED) is 0.551. The Bertz CT molecular complexity index is 986. The first-order valence-corrected chi connectivity index (χ1v) is 6.27. The van der Waals surface area contributed by atoms with Gasteiger partial charge in [-0.15, -0.1) is 0 Å². The van der Waals surface area contributed by atoms with Gasteiger partial charge in [0.2, 0.25) is 0 Å². The van der Waals surface area contributed by atoms with Gasteiger partial charge in [0, 0.05) is 16.3 Å². The van der Waals surface area contributed by atoms with Crippen molar-refractivity contribution in [2.75, 3.05) is 0 Å². The lowest BCUT2D eigenvalue weighted by atomic mass is 10.1. The van der Waals surface area contributed by atoms with Crippen molar-refractivity contribution in [1.29, 1.82) is 0 Å². The van der Waals surface area contributed by atoms with Gasteiger partial charge >= 0.3 is 5.97 Å². The topological polar surface area (TPSA) is 66.0 Å². The summed E-state index contributed by atoms with van der Waals surface area (Å²) in [7, 11) is 0. The molecule has 0 unspecified atom stereocenters. The van der Waals surface area contributed by atoms with Gasteiger partial charge in [-0.1, -0.05) is 30.3 Å². The third kappa shape index (κ3) is 1.42. The maximum Gasteiger partial charge on any atom is 0.337 e. The minimum absolute atomic E-state index is 0.231. The van der Waals surface area contributed by atoms with E-state index in [1.54, 1.807) is 12.1 Å². The summed E-state index contributed by atoms with van der Waals surface area (Å²) in [6.45, 7) is 0. The van der Waals surface area contributed by atoms with Gasteiger partial charge in [0.05, 0.1) is 22.1 Å². The molecule has 0 bridgehead atoms. The standard InChI is InChI=1S/C16H10N2O2/c19-16(20)11-6-3-4-9-8-13-15(18-14(9)11)10-5-1-2-7-12(10)17-13/h1-8,17H,(H,19,20). The number of pyridine rings is 1. The number of fused-ring (bicyclic) bond motifs is 4. The highest BCUT2D eigenvalue weighted by Gasteiger charge is 2.12. The number of para-hydroxylation sites is 2. The van der Waals surface area contributed by atoms with Gasteiger partial charge in [0.25, 0.3) is 0 Å². The highest BCUT2D eigenvalue weighted by molar-refractivity contribution is 6.11. The summed E-state index contributed by atoms with van der Waals surface area (Å²) >= 11 is 0. The number of hydrogen-bond acceptors (Lipinski definition) is 2. The Kier molecular flexibility index (Phi) is 2.09. The van der Waals surface area contributed by atoms with Gasteiger partial charge in [-0.05, 0) is 18.2 Å². The molecule has 0 amide bonds. The van der Waals surface area contributed by atoms with Crippen molar-refractivity contribution in [2.45, 2.75) is 0 Å². The summed E-state index contributed by atoms with van der Waals surface area (Å²) in [5.41, 5.74) is 3.48. The molecule has 0 saturated carbocycles. The molecule has 0 aliphatic carbocycles. The van der Waals surface area contributed by atoms with E-state index in [1.165, 1.54) is 0 Å². The number of aromatic nitrogens is 2. The van der Waals surface area contributed by atoms with Crippen molar-refractivity contribution in [3.05, 3.63) is 54.1 Å². The van der Waals surface area contributed by atoms with Gasteiger partial charge in [-0.2, -0.15) is 0 Å². The van der Waals surface area contributed by atoms with E-state index in [9.17, 15) is 9.90 Å². The second-order valence-corrected chi connectivity index (χ2v) is 4.74. The molecule has 4 nitrogen and oxygen atoms in total. The van der Waals surface area contributed by atoms with Crippen LogP contribution in [0.2, 0.25) is 0 Å². The largest absolute Gasteiger partial charge is 0.478 e. The Morgan fingerprint density at radius 1 is 1.00 bits per heavy atom. The first-order chi connectivity index (χ1) is 9.74. The van der Waals surface area contributed by atoms with Gasteiger partial charge in [-0.25, -0.2) is 9.78 Å². The zero-order valence-corrected chi connectivity index (χ0v) is 10.4. The minimum Gasteiger partial charge on any atom is -0.478 e. The molecule has 96 valence electrons. The van der Waals surface area contributed by atoms with E-state index in [2.05, 4.69) is 9.97 Å². The van der Waals surface area contributed by atoms with E-state index in [-0.39, 0.29) is 5.56 Å². The van der Waals surface area contributed by atoms with Gasteiger partial charge in [-0.3, -0.25) is 0 Å². The van der Waals surface area contributed by atoms with Crippen molar-refractivity contribution in [2.24, 2.45) is 0 Å². The van der Waals surface area contributed by atoms with Crippen LogP contribution in [0.15, 0.2) is 48.5 Å². The van der Waals surface area contributed by atoms with E-state index < -0.39 is 5.97 Å². The molecule has 4 aromatic rings. The zero-order valence-electron chi connectivity index (χ0n) is 10.4. The predicted molar refractivity (Wildman–Crippen MR) is 78.1 cm³/mol. The molecule has 20 heavy (non-hydrogen) atoms. The number of hydrogen-bond donors (Lipinski definition) is 2. The van der Waals surface area contributed by atoms with Crippen LogP contribution in [0.3, 0.4) is 0 Å². The molecule has 4 rings (SSSR count). The van der Waals surface area contributed by atoms with Gasteiger partial charge in [0.15, 0.2) is 0 Å². The SMILES string of the molecule is O=C(O)c1cccc2cc3[nH]c4ccccc4c3nc12. The van der Waals surface area contributed by atoms with E-state index >= 15 is 0 Å². The van der Waals surface area contributed by atoms with Crippen molar-refractivity contribution >= 4 is 38.8 Å². The van der Waals surface area contributed by atoms with Gasteiger partial charge < -0.3 is 10.1 Å². The Labute approximate surface area is 113 Å². The number of aromatic carboxylic acids is 1. The number of carboxylic acid groups (broad SMARTS) is 1. The van der Waals surface area contributed by atoms with Crippen LogP contribution >= 0.6 is 0 Å². The van der Waals surface area contributed by atoms with Crippen LogP contribution in [-0.2, 0) is 0 Å². The highest BCUT2D eigenvalue weighted by Crippen LogP contribution is 2.27. The molecular weight excluding hydrogens is 252 g/mol. The molecule has 4 heteroatoms. The summed E-state index contributed by atoms with van der Waals surface area (Å²) in [6.07, 6.45) is 0. The molecule has 0 aliphatic rings. The van der Waals surface area contributed by atoms with Crippen molar-refractivity contribution in [1.82, 2.24) is 9.97 Å². The van der Waals surface area contributed by atoms with Gasteiger partial charge in [0.1, 0.15) is 0 Å². The first kappa shape index (κ1) is 11.0. The summed E-state index contributed by atoms with van der Waals surface area (Å²) in [5, 5.41) is 11.1.